The van der Waals surface area contributed by atoms with E-state index in [9.17, 15) is 4.39 Å². The summed E-state index contributed by atoms with van der Waals surface area (Å²) in [6.07, 6.45) is 2.30. The third kappa shape index (κ3) is 3.04. The van der Waals surface area contributed by atoms with E-state index < -0.39 is 5.82 Å². The quantitative estimate of drug-likeness (QED) is 0.660. The fraction of sp³-hybridized carbons (Fsp3) is 0.154. The number of nitrogens with two attached hydrogens (primary N) is 1. The molecule has 1 aromatic heterocycles. The summed E-state index contributed by atoms with van der Waals surface area (Å²) < 4.78 is 13.1. The maximum atomic E-state index is 13.1. The lowest BCUT2D eigenvalue weighted by Gasteiger charge is -2.15. The van der Waals surface area contributed by atoms with Crippen LogP contribution in [0.4, 0.5) is 4.39 Å². The average molecular weight is 266 g/mol. The number of hydrazine groups is 1. The van der Waals surface area contributed by atoms with E-state index in [0.29, 0.717) is 6.42 Å². The molecule has 1 heterocycles. The summed E-state index contributed by atoms with van der Waals surface area (Å²) in [6, 6.07) is 10.1. The molecule has 2 aromatic rings. The Morgan fingerprint density at radius 3 is 2.78 bits per heavy atom. The van der Waals surface area contributed by atoms with Crippen molar-refractivity contribution in [2.24, 2.45) is 5.84 Å². The van der Waals surface area contributed by atoms with Crippen LogP contribution in [0.1, 0.15) is 17.3 Å². The van der Waals surface area contributed by atoms with Crippen molar-refractivity contribution in [1.82, 2.24) is 10.4 Å². The highest BCUT2D eigenvalue weighted by Gasteiger charge is 2.12. The van der Waals surface area contributed by atoms with Gasteiger partial charge in [0.15, 0.2) is 0 Å². The predicted octanol–water partition coefficient (Wildman–Crippen LogP) is 2.62. The fourth-order valence-corrected chi connectivity index (χ4v) is 1.94. The second kappa shape index (κ2) is 5.91. The largest absolute Gasteiger partial charge is 0.271 e. The Balaban J connectivity index is 2.18. The van der Waals surface area contributed by atoms with Crippen molar-refractivity contribution >= 4 is 11.6 Å². The Hall–Kier alpha value is -1.49. The highest BCUT2D eigenvalue weighted by Crippen LogP contribution is 2.20. The Bertz CT molecular complexity index is 519. The van der Waals surface area contributed by atoms with Crippen molar-refractivity contribution in [1.29, 1.82) is 0 Å². The van der Waals surface area contributed by atoms with Crippen molar-refractivity contribution in [2.45, 2.75) is 12.5 Å². The molecule has 0 radical (unpaired) electrons. The first-order valence-corrected chi connectivity index (χ1v) is 5.89. The van der Waals surface area contributed by atoms with Crippen LogP contribution in [-0.4, -0.2) is 4.98 Å². The van der Waals surface area contributed by atoms with Crippen molar-refractivity contribution < 1.29 is 4.39 Å². The number of aromatic nitrogens is 1. The minimum Gasteiger partial charge on any atom is -0.271 e. The predicted molar refractivity (Wildman–Crippen MR) is 69.4 cm³/mol. The van der Waals surface area contributed by atoms with Crippen LogP contribution in [0.3, 0.4) is 0 Å². The number of hydrogen-bond donors (Lipinski definition) is 2. The maximum Gasteiger partial charge on any atom is 0.141 e. The minimum absolute atomic E-state index is 0.115. The molecule has 5 heteroatoms. The molecule has 3 N–H and O–H groups in total. The average Bonchev–Trinajstić information content (AvgIpc) is 2.41. The van der Waals surface area contributed by atoms with Gasteiger partial charge >= 0.3 is 0 Å². The Labute approximate surface area is 110 Å². The number of halogens is 2. The zero-order valence-corrected chi connectivity index (χ0v) is 10.4. The Morgan fingerprint density at radius 2 is 2.17 bits per heavy atom. The molecule has 1 unspecified atom stereocenters. The maximum absolute atomic E-state index is 13.1. The van der Waals surface area contributed by atoms with Crippen molar-refractivity contribution in [3.63, 3.8) is 0 Å². The highest BCUT2D eigenvalue weighted by atomic mass is 35.5. The van der Waals surface area contributed by atoms with E-state index in [-0.39, 0.29) is 11.1 Å². The smallest absolute Gasteiger partial charge is 0.141 e. The second-order valence-electron chi connectivity index (χ2n) is 3.93. The van der Waals surface area contributed by atoms with Gasteiger partial charge in [0.05, 0.1) is 16.8 Å². The molecule has 0 spiro atoms. The van der Waals surface area contributed by atoms with Crippen LogP contribution in [-0.2, 0) is 6.42 Å². The van der Waals surface area contributed by atoms with Crippen molar-refractivity contribution in [3.8, 4) is 0 Å². The van der Waals surface area contributed by atoms with Gasteiger partial charge in [-0.2, -0.15) is 0 Å². The van der Waals surface area contributed by atoms with Crippen LogP contribution >= 0.6 is 11.6 Å². The van der Waals surface area contributed by atoms with Crippen molar-refractivity contribution in [3.05, 3.63) is 64.7 Å². The molecule has 0 saturated heterocycles. The zero-order chi connectivity index (χ0) is 13.0. The van der Waals surface area contributed by atoms with E-state index in [1.54, 1.807) is 18.3 Å². The van der Waals surface area contributed by atoms with Gasteiger partial charge in [0.25, 0.3) is 0 Å². The van der Waals surface area contributed by atoms with Crippen LogP contribution < -0.4 is 11.3 Å². The monoisotopic (exact) mass is 265 g/mol. The molecule has 0 amide bonds. The SMILES string of the molecule is NNC(Cc1ccc(F)c(Cl)c1)c1ccccn1. The molecule has 0 bridgehead atoms. The summed E-state index contributed by atoms with van der Waals surface area (Å²) in [5.41, 5.74) is 4.43. The third-order valence-corrected chi connectivity index (χ3v) is 2.96. The summed E-state index contributed by atoms with van der Waals surface area (Å²) in [6.45, 7) is 0. The van der Waals surface area contributed by atoms with E-state index >= 15 is 0 Å². The highest BCUT2D eigenvalue weighted by molar-refractivity contribution is 6.30. The van der Waals surface area contributed by atoms with Crippen molar-refractivity contribution in [2.75, 3.05) is 0 Å². The first-order valence-electron chi connectivity index (χ1n) is 5.51. The van der Waals surface area contributed by atoms with E-state index in [1.807, 2.05) is 18.2 Å². The number of nitrogens with one attached hydrogen (secondary N) is 1. The lowest BCUT2D eigenvalue weighted by molar-refractivity contribution is 0.537. The van der Waals surface area contributed by atoms with Crippen LogP contribution in [0.15, 0.2) is 42.6 Å². The van der Waals surface area contributed by atoms with Gasteiger partial charge in [0.1, 0.15) is 5.82 Å². The number of benzene rings is 1. The van der Waals surface area contributed by atoms with Gasteiger partial charge in [-0.05, 0) is 36.2 Å². The molecule has 18 heavy (non-hydrogen) atoms. The van der Waals surface area contributed by atoms with Gasteiger partial charge in [0, 0.05) is 6.20 Å². The normalized spacial score (nSPS) is 12.4. The van der Waals surface area contributed by atoms with E-state index in [4.69, 9.17) is 17.4 Å². The number of pyridine rings is 1. The molecule has 3 nitrogen and oxygen atoms in total. The van der Waals surface area contributed by atoms with E-state index in [2.05, 4.69) is 10.4 Å². The molecule has 94 valence electrons. The summed E-state index contributed by atoms with van der Waals surface area (Å²) in [5, 5.41) is 0.115. The molecule has 0 aliphatic rings. The molecular formula is C13H13ClFN3. The van der Waals surface area contributed by atoms with E-state index in [0.717, 1.165) is 11.3 Å². The molecule has 0 fully saturated rings. The van der Waals surface area contributed by atoms with Crippen LogP contribution in [0.5, 0.6) is 0 Å². The molecule has 1 aromatic carbocycles. The second-order valence-corrected chi connectivity index (χ2v) is 4.33. The Kier molecular flexibility index (Phi) is 4.25. The third-order valence-electron chi connectivity index (χ3n) is 2.67. The minimum atomic E-state index is -0.421. The fourth-order valence-electron chi connectivity index (χ4n) is 1.73. The van der Waals surface area contributed by atoms with Crippen LogP contribution in [0.25, 0.3) is 0 Å². The summed E-state index contributed by atoms with van der Waals surface area (Å²) in [7, 11) is 0. The summed E-state index contributed by atoms with van der Waals surface area (Å²) >= 11 is 5.74. The van der Waals surface area contributed by atoms with Gasteiger partial charge in [-0.1, -0.05) is 23.7 Å². The van der Waals surface area contributed by atoms with Gasteiger partial charge in [0.2, 0.25) is 0 Å². The van der Waals surface area contributed by atoms with Crippen LogP contribution in [0, 0.1) is 5.82 Å². The number of rotatable bonds is 4. The number of hydrogen-bond acceptors (Lipinski definition) is 3. The summed E-state index contributed by atoms with van der Waals surface area (Å²) in [5.74, 6) is 5.10. The Morgan fingerprint density at radius 1 is 1.33 bits per heavy atom. The molecular weight excluding hydrogens is 253 g/mol. The van der Waals surface area contributed by atoms with Gasteiger partial charge < -0.3 is 0 Å². The topological polar surface area (TPSA) is 50.9 Å². The summed E-state index contributed by atoms with van der Waals surface area (Å²) in [4.78, 5) is 4.24. The first-order chi connectivity index (χ1) is 8.70. The lowest BCUT2D eigenvalue weighted by Crippen LogP contribution is -2.30. The molecule has 0 aliphatic carbocycles. The van der Waals surface area contributed by atoms with E-state index in [1.165, 1.54) is 6.07 Å². The van der Waals surface area contributed by atoms with Gasteiger partial charge in [-0.25, -0.2) is 4.39 Å². The molecule has 2 rings (SSSR count). The van der Waals surface area contributed by atoms with Gasteiger partial charge in [-0.15, -0.1) is 0 Å². The van der Waals surface area contributed by atoms with Gasteiger partial charge in [-0.3, -0.25) is 16.3 Å². The number of nitrogens with zero attached hydrogens (tertiary/aromatic N) is 1. The zero-order valence-electron chi connectivity index (χ0n) is 9.61. The standard InChI is InChI=1S/C13H13ClFN3/c14-10-7-9(4-5-11(10)15)8-13(18-16)12-3-1-2-6-17-12/h1-7,13,18H,8,16H2. The van der Waals surface area contributed by atoms with Crippen LogP contribution in [0.2, 0.25) is 5.02 Å². The first kappa shape index (κ1) is 13.0. The lowest BCUT2D eigenvalue weighted by atomic mass is 10.0. The molecule has 0 aliphatic heterocycles. The molecule has 0 saturated carbocycles. The molecule has 1 atom stereocenters.